The molecule has 0 saturated carbocycles. The lowest BCUT2D eigenvalue weighted by Gasteiger charge is -2.34. The minimum absolute atomic E-state index is 0.135. The van der Waals surface area contributed by atoms with Crippen molar-refractivity contribution in [1.29, 1.82) is 5.26 Å². The first-order valence-electron chi connectivity index (χ1n) is 9.52. The number of morpholine rings is 1. The Kier molecular flexibility index (Phi) is 6.11. The Bertz CT molecular complexity index is 976. The summed E-state index contributed by atoms with van der Waals surface area (Å²) in [6.07, 6.45) is 0. The van der Waals surface area contributed by atoms with Gasteiger partial charge in [-0.1, -0.05) is 41.9 Å². The third-order valence-corrected chi connectivity index (χ3v) is 5.20. The number of nitriles is 1. The van der Waals surface area contributed by atoms with Crippen molar-refractivity contribution in [2.75, 3.05) is 38.2 Å². The van der Waals surface area contributed by atoms with Crippen LogP contribution in [0.4, 0.5) is 5.88 Å². The Hall–Kier alpha value is -2.85. The van der Waals surface area contributed by atoms with Crippen LogP contribution in [0.3, 0.4) is 0 Å². The lowest BCUT2D eigenvalue weighted by atomic mass is 10.0. The van der Waals surface area contributed by atoms with E-state index < -0.39 is 0 Å². The number of ether oxygens (including phenoxy) is 1. The fourth-order valence-corrected chi connectivity index (χ4v) is 3.57. The monoisotopic (exact) mass is 408 g/mol. The molecule has 7 heteroatoms. The van der Waals surface area contributed by atoms with Gasteiger partial charge in [0.05, 0.1) is 19.3 Å². The van der Waals surface area contributed by atoms with Crippen molar-refractivity contribution < 1.29 is 9.15 Å². The number of rotatable bonds is 6. The molecule has 29 heavy (non-hydrogen) atoms. The summed E-state index contributed by atoms with van der Waals surface area (Å²) in [6, 6.07) is 19.7. The highest BCUT2D eigenvalue weighted by atomic mass is 35.5. The molecule has 0 spiro atoms. The number of nitrogens with zero attached hydrogens (tertiary/aromatic N) is 3. The van der Waals surface area contributed by atoms with Gasteiger partial charge < -0.3 is 14.5 Å². The van der Waals surface area contributed by atoms with Gasteiger partial charge in [0.1, 0.15) is 6.07 Å². The Morgan fingerprint density at radius 2 is 1.83 bits per heavy atom. The molecule has 1 N–H and O–H groups in total. The van der Waals surface area contributed by atoms with Gasteiger partial charge in [0, 0.05) is 30.2 Å². The van der Waals surface area contributed by atoms with Gasteiger partial charge in [-0.15, -0.1) is 0 Å². The van der Waals surface area contributed by atoms with Crippen molar-refractivity contribution in [3.05, 3.63) is 70.9 Å². The maximum absolute atomic E-state index is 9.49. The normalized spacial score (nSPS) is 15.6. The van der Waals surface area contributed by atoms with Crippen molar-refractivity contribution in [3.63, 3.8) is 0 Å². The number of oxazole rings is 1. The molecule has 1 aromatic heterocycles. The third kappa shape index (κ3) is 4.60. The second kappa shape index (κ2) is 9.10. The van der Waals surface area contributed by atoms with Crippen molar-refractivity contribution >= 4 is 17.5 Å². The Balaban J connectivity index is 1.55. The molecule has 1 fully saturated rings. The predicted molar refractivity (Wildman–Crippen MR) is 112 cm³/mol. The van der Waals surface area contributed by atoms with Gasteiger partial charge in [-0.25, -0.2) is 0 Å². The van der Waals surface area contributed by atoms with Crippen LogP contribution < -0.4 is 5.32 Å². The van der Waals surface area contributed by atoms with Gasteiger partial charge in [0.25, 0.3) is 0 Å². The maximum Gasteiger partial charge on any atom is 0.232 e. The van der Waals surface area contributed by atoms with E-state index >= 15 is 0 Å². The number of anilines is 1. The van der Waals surface area contributed by atoms with Crippen LogP contribution in [0.5, 0.6) is 0 Å². The van der Waals surface area contributed by atoms with Gasteiger partial charge in [-0.3, -0.25) is 4.90 Å². The molecule has 3 aromatic rings. The van der Waals surface area contributed by atoms with Crippen LogP contribution in [-0.2, 0) is 4.74 Å². The van der Waals surface area contributed by atoms with Gasteiger partial charge in [0.15, 0.2) is 0 Å². The Labute approximate surface area is 174 Å². The highest BCUT2D eigenvalue weighted by Gasteiger charge is 2.24. The van der Waals surface area contributed by atoms with Crippen molar-refractivity contribution in [2.45, 2.75) is 6.04 Å². The zero-order valence-corrected chi connectivity index (χ0v) is 16.6. The summed E-state index contributed by atoms with van der Waals surface area (Å²) < 4.78 is 11.4. The van der Waals surface area contributed by atoms with E-state index in [0.717, 1.165) is 31.9 Å². The van der Waals surface area contributed by atoms with E-state index in [1.807, 2.05) is 30.3 Å². The Morgan fingerprint density at radius 1 is 1.10 bits per heavy atom. The number of aromatic nitrogens is 1. The van der Waals surface area contributed by atoms with E-state index in [9.17, 15) is 5.26 Å². The molecule has 0 amide bonds. The molecule has 1 aliphatic heterocycles. The number of halogens is 1. The maximum atomic E-state index is 9.49. The molecule has 1 saturated heterocycles. The van der Waals surface area contributed by atoms with Crippen LogP contribution in [0, 0.1) is 11.3 Å². The molecule has 0 aliphatic carbocycles. The molecule has 0 radical (unpaired) electrons. The van der Waals surface area contributed by atoms with Crippen LogP contribution in [0.1, 0.15) is 17.3 Å². The number of nitrogens with one attached hydrogen (secondary N) is 1. The third-order valence-electron chi connectivity index (χ3n) is 4.95. The topological polar surface area (TPSA) is 74.3 Å². The molecule has 4 rings (SSSR count). The summed E-state index contributed by atoms with van der Waals surface area (Å²) in [5.74, 6) is 0.773. The molecule has 2 aromatic carbocycles. The summed E-state index contributed by atoms with van der Waals surface area (Å²) in [6.45, 7) is 3.75. The average molecular weight is 409 g/mol. The van der Waals surface area contributed by atoms with Gasteiger partial charge >= 0.3 is 0 Å². The van der Waals surface area contributed by atoms with Crippen molar-refractivity contribution in [1.82, 2.24) is 9.88 Å². The fraction of sp³-hybridized carbons (Fsp3) is 0.273. The second-order valence-corrected chi connectivity index (χ2v) is 7.21. The lowest BCUT2D eigenvalue weighted by molar-refractivity contribution is 0.0186. The molecular formula is C22H21ClN4O2. The first-order valence-corrected chi connectivity index (χ1v) is 9.90. The zero-order valence-electron chi connectivity index (χ0n) is 15.8. The van der Waals surface area contributed by atoms with Gasteiger partial charge in [-0.05, 0) is 29.8 Å². The lowest BCUT2D eigenvalue weighted by Crippen LogP contribution is -2.41. The summed E-state index contributed by atoms with van der Waals surface area (Å²) in [5, 5.41) is 13.4. The van der Waals surface area contributed by atoms with E-state index in [4.69, 9.17) is 20.8 Å². The van der Waals surface area contributed by atoms with Crippen LogP contribution in [0.15, 0.2) is 59.0 Å². The standard InChI is InChI=1S/C22H21ClN4O2/c23-18-8-6-17(7-9-18)21-26-19(14-24)22(29-21)25-15-20(16-4-2-1-3-5-16)27-10-12-28-13-11-27/h1-9,20,25H,10-13,15H2/t20-/m0/s1. The van der Waals surface area contributed by atoms with E-state index in [1.54, 1.807) is 12.1 Å². The number of hydrogen-bond donors (Lipinski definition) is 1. The van der Waals surface area contributed by atoms with Gasteiger partial charge in [-0.2, -0.15) is 10.2 Å². The quantitative estimate of drug-likeness (QED) is 0.653. The number of benzene rings is 2. The minimum Gasteiger partial charge on any atom is -0.419 e. The largest absolute Gasteiger partial charge is 0.419 e. The summed E-state index contributed by atoms with van der Waals surface area (Å²) in [4.78, 5) is 6.71. The van der Waals surface area contributed by atoms with Crippen LogP contribution in [0.2, 0.25) is 5.02 Å². The molecule has 1 atom stereocenters. The molecule has 148 valence electrons. The van der Waals surface area contributed by atoms with Crippen molar-refractivity contribution in [2.24, 2.45) is 0 Å². The summed E-state index contributed by atoms with van der Waals surface area (Å²) in [7, 11) is 0. The van der Waals surface area contributed by atoms with Crippen LogP contribution in [-0.4, -0.2) is 42.7 Å². The predicted octanol–water partition coefficient (Wildman–Crippen LogP) is 4.35. The smallest absolute Gasteiger partial charge is 0.232 e. The zero-order chi connectivity index (χ0) is 20.1. The highest BCUT2D eigenvalue weighted by molar-refractivity contribution is 6.30. The van der Waals surface area contributed by atoms with E-state index in [1.165, 1.54) is 5.56 Å². The number of hydrogen-bond acceptors (Lipinski definition) is 6. The summed E-state index contributed by atoms with van der Waals surface area (Å²) in [5.41, 5.74) is 2.22. The minimum atomic E-state index is 0.135. The van der Waals surface area contributed by atoms with Crippen LogP contribution in [0.25, 0.3) is 11.5 Å². The Morgan fingerprint density at radius 3 is 2.52 bits per heavy atom. The second-order valence-electron chi connectivity index (χ2n) is 6.77. The van der Waals surface area contributed by atoms with Crippen LogP contribution >= 0.6 is 11.6 Å². The van der Waals surface area contributed by atoms with E-state index in [2.05, 4.69) is 33.4 Å². The molecule has 6 nitrogen and oxygen atoms in total. The SMILES string of the molecule is N#Cc1nc(-c2ccc(Cl)cc2)oc1NC[C@@H](c1ccccc1)N1CCOCC1. The van der Waals surface area contributed by atoms with Gasteiger partial charge in [0.2, 0.25) is 17.5 Å². The highest BCUT2D eigenvalue weighted by Crippen LogP contribution is 2.28. The first-order chi connectivity index (χ1) is 14.2. The molecule has 2 heterocycles. The van der Waals surface area contributed by atoms with Crippen molar-refractivity contribution in [3.8, 4) is 17.5 Å². The molecule has 0 unspecified atom stereocenters. The summed E-state index contributed by atoms with van der Waals surface area (Å²) >= 11 is 5.95. The first kappa shape index (κ1) is 19.5. The van der Waals surface area contributed by atoms with E-state index in [-0.39, 0.29) is 11.7 Å². The fourth-order valence-electron chi connectivity index (χ4n) is 3.44. The molecule has 1 aliphatic rings. The van der Waals surface area contributed by atoms with E-state index in [0.29, 0.717) is 23.3 Å². The molecular weight excluding hydrogens is 388 g/mol. The average Bonchev–Trinajstić information content (AvgIpc) is 3.19. The molecule has 0 bridgehead atoms.